The normalized spacial score (nSPS) is 13.2. The highest BCUT2D eigenvalue weighted by atomic mass is 16.5. The maximum absolute atomic E-state index is 5.44. The van der Waals surface area contributed by atoms with Crippen LogP contribution in [0.1, 0.15) is 27.2 Å². The minimum atomic E-state index is 0.570. The quantitative estimate of drug-likeness (QED) is 0.527. The molecule has 0 aliphatic rings. The molecule has 0 spiro atoms. The zero-order valence-corrected chi connectivity index (χ0v) is 12.0. The predicted molar refractivity (Wildman–Crippen MR) is 72.6 cm³/mol. The molecule has 4 nitrogen and oxygen atoms in total. The van der Waals surface area contributed by atoms with Gasteiger partial charge in [0.15, 0.2) is 0 Å². The average Bonchev–Trinajstić information content (AvgIpc) is 2.35. The van der Waals surface area contributed by atoms with Crippen LogP contribution in [0, 0.1) is 0 Å². The lowest BCUT2D eigenvalue weighted by Crippen LogP contribution is -2.44. The third-order valence-corrected chi connectivity index (χ3v) is 2.88. The van der Waals surface area contributed by atoms with Crippen LogP contribution < -0.4 is 5.32 Å². The van der Waals surface area contributed by atoms with Gasteiger partial charge in [-0.15, -0.1) is 0 Å². The third kappa shape index (κ3) is 8.55. The van der Waals surface area contributed by atoms with E-state index in [9.17, 15) is 0 Å². The van der Waals surface area contributed by atoms with Crippen LogP contribution in [0.2, 0.25) is 0 Å². The molecule has 17 heavy (non-hydrogen) atoms. The van der Waals surface area contributed by atoms with Gasteiger partial charge in [-0.1, -0.05) is 6.92 Å². The maximum Gasteiger partial charge on any atom is 0.0593 e. The molecule has 0 saturated carbocycles. The molecule has 0 fully saturated rings. The molecule has 104 valence electrons. The summed E-state index contributed by atoms with van der Waals surface area (Å²) in [7, 11) is 2.01. The van der Waals surface area contributed by atoms with Crippen LogP contribution >= 0.6 is 0 Å². The monoisotopic (exact) mass is 246 g/mol. The highest BCUT2D eigenvalue weighted by molar-refractivity contribution is 4.72. The summed E-state index contributed by atoms with van der Waals surface area (Å²) in [6, 6.07) is 0.570. The molecule has 1 N–H and O–H groups in total. The van der Waals surface area contributed by atoms with Crippen LogP contribution in [-0.2, 0) is 9.47 Å². The topological polar surface area (TPSA) is 33.7 Å². The minimum absolute atomic E-state index is 0.570. The van der Waals surface area contributed by atoms with E-state index in [2.05, 4.69) is 17.1 Å². The van der Waals surface area contributed by atoms with Crippen molar-refractivity contribution >= 4 is 0 Å². The van der Waals surface area contributed by atoms with Gasteiger partial charge in [0.2, 0.25) is 0 Å². The lowest BCUT2D eigenvalue weighted by molar-refractivity contribution is 0.0618. The molecule has 1 unspecified atom stereocenters. The Morgan fingerprint density at radius 2 is 1.53 bits per heavy atom. The van der Waals surface area contributed by atoms with Gasteiger partial charge >= 0.3 is 0 Å². The van der Waals surface area contributed by atoms with Gasteiger partial charge in [-0.25, -0.2) is 0 Å². The molecule has 0 aromatic carbocycles. The number of ether oxygens (including phenoxy) is 2. The molecule has 4 heteroatoms. The van der Waals surface area contributed by atoms with Gasteiger partial charge in [0.1, 0.15) is 0 Å². The van der Waals surface area contributed by atoms with Crippen LogP contribution in [0.5, 0.6) is 0 Å². The lowest BCUT2D eigenvalue weighted by Gasteiger charge is -2.30. The summed E-state index contributed by atoms with van der Waals surface area (Å²) >= 11 is 0. The van der Waals surface area contributed by atoms with Gasteiger partial charge in [0.25, 0.3) is 0 Å². The first kappa shape index (κ1) is 16.8. The molecule has 0 saturated heterocycles. The molecule has 0 aromatic rings. The second-order valence-corrected chi connectivity index (χ2v) is 4.05. The van der Waals surface area contributed by atoms with Gasteiger partial charge in [-0.05, 0) is 27.3 Å². The number of nitrogens with one attached hydrogen (secondary N) is 1. The van der Waals surface area contributed by atoms with Crippen molar-refractivity contribution in [3.05, 3.63) is 0 Å². The highest BCUT2D eigenvalue weighted by Crippen LogP contribution is 2.03. The molecular formula is C13H30N2O2. The number of hydrogen-bond acceptors (Lipinski definition) is 4. The molecule has 0 rings (SSSR count). The van der Waals surface area contributed by atoms with Crippen LogP contribution in [0.25, 0.3) is 0 Å². The summed E-state index contributed by atoms with van der Waals surface area (Å²) < 4.78 is 10.9. The fourth-order valence-corrected chi connectivity index (χ4v) is 1.90. The maximum atomic E-state index is 5.44. The Balaban J connectivity index is 4.04. The van der Waals surface area contributed by atoms with Crippen molar-refractivity contribution < 1.29 is 9.47 Å². The Morgan fingerprint density at radius 1 is 1.00 bits per heavy atom. The summed E-state index contributed by atoms with van der Waals surface area (Å²) in [5, 5.41) is 3.26. The van der Waals surface area contributed by atoms with E-state index in [1.807, 2.05) is 20.9 Å². The van der Waals surface area contributed by atoms with E-state index in [1.165, 1.54) is 0 Å². The first-order valence-corrected chi connectivity index (χ1v) is 6.84. The predicted octanol–water partition coefficient (Wildman–Crippen LogP) is 1.36. The van der Waals surface area contributed by atoms with E-state index in [0.29, 0.717) is 6.04 Å². The van der Waals surface area contributed by atoms with Crippen molar-refractivity contribution in [1.29, 1.82) is 0 Å². The number of rotatable bonds is 12. The zero-order valence-electron chi connectivity index (χ0n) is 12.0. The average molecular weight is 246 g/mol. The van der Waals surface area contributed by atoms with E-state index < -0.39 is 0 Å². The summed E-state index contributed by atoms with van der Waals surface area (Å²) in [5.41, 5.74) is 0. The van der Waals surface area contributed by atoms with Crippen molar-refractivity contribution in [3.8, 4) is 0 Å². The van der Waals surface area contributed by atoms with Crippen molar-refractivity contribution in [2.75, 3.05) is 53.1 Å². The molecule has 0 aliphatic heterocycles. The highest BCUT2D eigenvalue weighted by Gasteiger charge is 2.15. The van der Waals surface area contributed by atoms with Gasteiger partial charge < -0.3 is 14.8 Å². The molecule has 0 aromatic heterocycles. The van der Waals surface area contributed by atoms with Gasteiger partial charge in [-0.2, -0.15) is 0 Å². The van der Waals surface area contributed by atoms with Crippen LogP contribution in [0.4, 0.5) is 0 Å². The Labute approximate surface area is 107 Å². The van der Waals surface area contributed by atoms with E-state index in [0.717, 1.165) is 52.5 Å². The Morgan fingerprint density at radius 3 is 1.88 bits per heavy atom. The first-order valence-electron chi connectivity index (χ1n) is 6.84. The SMILES string of the molecule is CCOCCN(CCOCC)C(CC)CNC. The van der Waals surface area contributed by atoms with E-state index in [-0.39, 0.29) is 0 Å². The minimum Gasteiger partial charge on any atom is -0.380 e. The van der Waals surface area contributed by atoms with Crippen molar-refractivity contribution in [2.24, 2.45) is 0 Å². The lowest BCUT2D eigenvalue weighted by atomic mass is 10.2. The zero-order chi connectivity index (χ0) is 12.9. The molecule has 0 aliphatic carbocycles. The van der Waals surface area contributed by atoms with Crippen LogP contribution in [0.3, 0.4) is 0 Å². The number of nitrogens with zero attached hydrogens (tertiary/aromatic N) is 1. The van der Waals surface area contributed by atoms with E-state index in [4.69, 9.17) is 9.47 Å². The van der Waals surface area contributed by atoms with Gasteiger partial charge in [0.05, 0.1) is 13.2 Å². The molecule has 0 heterocycles. The van der Waals surface area contributed by atoms with Crippen LogP contribution in [0.15, 0.2) is 0 Å². The smallest absolute Gasteiger partial charge is 0.0593 e. The van der Waals surface area contributed by atoms with Gasteiger partial charge in [-0.3, -0.25) is 4.90 Å². The Kier molecular flexibility index (Phi) is 12.2. The summed E-state index contributed by atoms with van der Waals surface area (Å²) in [5.74, 6) is 0. The van der Waals surface area contributed by atoms with Crippen LogP contribution in [-0.4, -0.2) is 64.1 Å². The fourth-order valence-electron chi connectivity index (χ4n) is 1.90. The summed E-state index contributed by atoms with van der Waals surface area (Å²) in [4.78, 5) is 2.46. The Hall–Kier alpha value is -0.160. The summed E-state index contributed by atoms with van der Waals surface area (Å²) in [6.45, 7) is 12.5. The standard InChI is InChI=1S/C13H30N2O2/c1-5-13(12-14-4)15(8-10-16-6-2)9-11-17-7-3/h13-14H,5-12H2,1-4H3. The largest absolute Gasteiger partial charge is 0.380 e. The fraction of sp³-hybridized carbons (Fsp3) is 1.00. The Bertz CT molecular complexity index is 146. The molecule has 0 radical (unpaired) electrons. The van der Waals surface area contributed by atoms with Crippen molar-refractivity contribution in [1.82, 2.24) is 10.2 Å². The van der Waals surface area contributed by atoms with Crippen molar-refractivity contribution in [3.63, 3.8) is 0 Å². The first-order chi connectivity index (χ1) is 8.29. The molecule has 0 bridgehead atoms. The van der Waals surface area contributed by atoms with E-state index in [1.54, 1.807) is 0 Å². The molecular weight excluding hydrogens is 216 g/mol. The summed E-state index contributed by atoms with van der Waals surface area (Å²) in [6.07, 6.45) is 1.15. The van der Waals surface area contributed by atoms with Gasteiger partial charge in [0, 0.05) is 38.9 Å². The second kappa shape index (κ2) is 12.3. The molecule has 0 amide bonds. The number of hydrogen-bond donors (Lipinski definition) is 1. The molecule has 1 atom stereocenters. The second-order valence-electron chi connectivity index (χ2n) is 4.05. The van der Waals surface area contributed by atoms with Crippen molar-refractivity contribution in [2.45, 2.75) is 33.2 Å². The third-order valence-electron chi connectivity index (χ3n) is 2.88. The van der Waals surface area contributed by atoms with E-state index >= 15 is 0 Å². The number of likely N-dealkylation sites (N-methyl/N-ethyl adjacent to an activating group) is 1.